The van der Waals surface area contributed by atoms with Gasteiger partial charge in [0, 0.05) is 10.7 Å². The van der Waals surface area contributed by atoms with Gasteiger partial charge in [0.1, 0.15) is 11.5 Å². The van der Waals surface area contributed by atoms with Gasteiger partial charge in [-0.05, 0) is 62.2 Å². The van der Waals surface area contributed by atoms with Crippen molar-refractivity contribution in [1.29, 1.82) is 0 Å². The molecule has 0 radical (unpaired) electrons. The molecule has 0 bridgehead atoms. The normalized spacial score (nSPS) is 11.8. The first kappa shape index (κ1) is 18.4. The highest BCUT2D eigenvalue weighted by Gasteiger charge is 2.16. The largest absolute Gasteiger partial charge is 0.495 e. The van der Waals surface area contributed by atoms with E-state index in [1.807, 2.05) is 26.0 Å². The maximum absolute atomic E-state index is 12.3. The van der Waals surface area contributed by atoms with E-state index in [9.17, 15) is 4.79 Å². The second-order valence-electron chi connectivity index (χ2n) is 5.47. The van der Waals surface area contributed by atoms with Crippen LogP contribution in [0.25, 0.3) is 0 Å². The van der Waals surface area contributed by atoms with Crippen LogP contribution in [-0.4, -0.2) is 19.1 Å². The molecule has 1 amide bonds. The molecule has 128 valence electrons. The first-order chi connectivity index (χ1) is 11.3. The Morgan fingerprint density at radius 1 is 1.12 bits per heavy atom. The van der Waals surface area contributed by atoms with Crippen LogP contribution in [0.2, 0.25) is 10.0 Å². The van der Waals surface area contributed by atoms with E-state index in [2.05, 4.69) is 5.32 Å². The number of benzene rings is 2. The quantitative estimate of drug-likeness (QED) is 0.806. The van der Waals surface area contributed by atoms with Crippen LogP contribution >= 0.6 is 23.2 Å². The summed E-state index contributed by atoms with van der Waals surface area (Å²) >= 11 is 12.2. The number of anilines is 1. The van der Waals surface area contributed by atoms with Gasteiger partial charge in [-0.15, -0.1) is 0 Å². The molecule has 2 aromatic rings. The van der Waals surface area contributed by atoms with Gasteiger partial charge < -0.3 is 14.8 Å². The lowest BCUT2D eigenvalue weighted by Crippen LogP contribution is -2.30. The molecule has 2 aromatic carbocycles. The highest BCUT2D eigenvalue weighted by molar-refractivity contribution is 6.32. The van der Waals surface area contributed by atoms with E-state index in [0.29, 0.717) is 27.2 Å². The fraction of sp³-hybridized carbons (Fsp3) is 0.278. The minimum Gasteiger partial charge on any atom is -0.495 e. The van der Waals surface area contributed by atoms with Crippen molar-refractivity contribution in [2.24, 2.45) is 0 Å². The number of halogens is 2. The molecule has 1 atom stereocenters. The Balaban J connectivity index is 2.06. The van der Waals surface area contributed by atoms with Gasteiger partial charge >= 0.3 is 0 Å². The van der Waals surface area contributed by atoms with Gasteiger partial charge in [-0.3, -0.25) is 4.79 Å². The SMILES string of the molecule is COc1ccc(NC(=O)C(C)Oc2cc(C)c(Cl)c(C)c2)cc1Cl. The van der Waals surface area contributed by atoms with E-state index in [-0.39, 0.29) is 5.91 Å². The van der Waals surface area contributed by atoms with Crippen LogP contribution in [0.15, 0.2) is 30.3 Å². The van der Waals surface area contributed by atoms with Gasteiger partial charge in [0.25, 0.3) is 5.91 Å². The van der Waals surface area contributed by atoms with Crippen LogP contribution in [0, 0.1) is 13.8 Å². The molecule has 0 aliphatic rings. The maximum Gasteiger partial charge on any atom is 0.265 e. The Morgan fingerprint density at radius 2 is 1.75 bits per heavy atom. The molecule has 24 heavy (non-hydrogen) atoms. The van der Waals surface area contributed by atoms with E-state index in [1.54, 1.807) is 25.1 Å². The number of nitrogens with one attached hydrogen (secondary N) is 1. The second kappa shape index (κ2) is 7.77. The van der Waals surface area contributed by atoms with Crippen molar-refractivity contribution in [3.05, 3.63) is 51.5 Å². The highest BCUT2D eigenvalue weighted by atomic mass is 35.5. The Morgan fingerprint density at radius 3 is 2.29 bits per heavy atom. The van der Waals surface area contributed by atoms with Crippen molar-refractivity contribution in [3.8, 4) is 11.5 Å². The Labute approximate surface area is 151 Å². The van der Waals surface area contributed by atoms with Gasteiger partial charge in [-0.2, -0.15) is 0 Å². The molecule has 0 saturated carbocycles. The molecule has 0 aliphatic carbocycles. The zero-order chi connectivity index (χ0) is 17.9. The van der Waals surface area contributed by atoms with Crippen LogP contribution in [-0.2, 0) is 4.79 Å². The monoisotopic (exact) mass is 367 g/mol. The molecule has 0 heterocycles. The fourth-order valence-electron chi connectivity index (χ4n) is 2.22. The molecule has 1 N–H and O–H groups in total. The van der Waals surface area contributed by atoms with Gasteiger partial charge in [-0.25, -0.2) is 0 Å². The third-order valence-electron chi connectivity index (χ3n) is 3.51. The van der Waals surface area contributed by atoms with Gasteiger partial charge in [0.15, 0.2) is 6.10 Å². The topological polar surface area (TPSA) is 47.6 Å². The lowest BCUT2D eigenvalue weighted by Gasteiger charge is -2.16. The molecule has 0 aliphatic heterocycles. The average Bonchev–Trinajstić information content (AvgIpc) is 2.52. The van der Waals surface area contributed by atoms with Crippen LogP contribution in [0.1, 0.15) is 18.1 Å². The van der Waals surface area contributed by atoms with Crippen molar-refractivity contribution in [3.63, 3.8) is 0 Å². The van der Waals surface area contributed by atoms with E-state index in [1.165, 1.54) is 7.11 Å². The fourth-order valence-corrected chi connectivity index (χ4v) is 2.59. The number of aryl methyl sites for hydroxylation is 2. The van der Waals surface area contributed by atoms with Crippen molar-refractivity contribution in [1.82, 2.24) is 0 Å². The predicted molar refractivity (Wildman–Crippen MR) is 97.6 cm³/mol. The van der Waals surface area contributed by atoms with Crippen LogP contribution in [0.4, 0.5) is 5.69 Å². The molecule has 0 fully saturated rings. The number of amides is 1. The minimum absolute atomic E-state index is 0.276. The highest BCUT2D eigenvalue weighted by Crippen LogP contribution is 2.28. The number of ether oxygens (including phenoxy) is 2. The number of rotatable bonds is 5. The lowest BCUT2D eigenvalue weighted by molar-refractivity contribution is -0.122. The van der Waals surface area contributed by atoms with Crippen molar-refractivity contribution in [2.75, 3.05) is 12.4 Å². The number of hydrogen-bond acceptors (Lipinski definition) is 3. The van der Waals surface area contributed by atoms with Crippen molar-refractivity contribution >= 4 is 34.8 Å². The van der Waals surface area contributed by atoms with Crippen molar-refractivity contribution < 1.29 is 14.3 Å². The van der Waals surface area contributed by atoms with Crippen molar-refractivity contribution in [2.45, 2.75) is 26.9 Å². The summed E-state index contributed by atoms with van der Waals surface area (Å²) in [6, 6.07) is 8.65. The summed E-state index contributed by atoms with van der Waals surface area (Å²) in [6.07, 6.45) is -0.675. The summed E-state index contributed by atoms with van der Waals surface area (Å²) in [7, 11) is 1.53. The summed E-state index contributed by atoms with van der Waals surface area (Å²) < 4.78 is 10.8. The standard InChI is InChI=1S/C18H19Cl2NO3/c1-10-7-14(8-11(2)17(10)20)24-12(3)18(22)21-13-5-6-16(23-4)15(19)9-13/h5-9,12H,1-4H3,(H,21,22). The molecule has 0 saturated heterocycles. The van der Waals surface area contributed by atoms with Gasteiger partial charge in [0.2, 0.25) is 0 Å². The third-order valence-corrected chi connectivity index (χ3v) is 4.40. The molecule has 1 unspecified atom stereocenters. The van der Waals surface area contributed by atoms with E-state index in [0.717, 1.165) is 11.1 Å². The Bertz CT molecular complexity index is 739. The molecule has 6 heteroatoms. The number of methoxy groups -OCH3 is 1. The maximum atomic E-state index is 12.3. The molecule has 4 nitrogen and oxygen atoms in total. The van der Waals surface area contributed by atoms with Crippen LogP contribution < -0.4 is 14.8 Å². The summed E-state index contributed by atoms with van der Waals surface area (Å²) in [5.74, 6) is 0.873. The summed E-state index contributed by atoms with van der Waals surface area (Å²) in [4.78, 5) is 12.3. The Kier molecular flexibility index (Phi) is 5.97. The Hall–Kier alpha value is -1.91. The molecular formula is C18H19Cl2NO3. The third kappa shape index (κ3) is 4.34. The van der Waals surface area contributed by atoms with E-state index < -0.39 is 6.10 Å². The summed E-state index contributed by atoms with van der Waals surface area (Å²) in [5.41, 5.74) is 2.38. The van der Waals surface area contributed by atoms with Gasteiger partial charge in [-0.1, -0.05) is 23.2 Å². The molecular weight excluding hydrogens is 349 g/mol. The van der Waals surface area contributed by atoms with E-state index in [4.69, 9.17) is 32.7 Å². The smallest absolute Gasteiger partial charge is 0.265 e. The zero-order valence-corrected chi connectivity index (χ0v) is 15.5. The number of carbonyl (C=O) groups is 1. The minimum atomic E-state index is -0.675. The summed E-state index contributed by atoms with van der Waals surface area (Å²) in [5, 5.41) is 3.89. The first-order valence-corrected chi connectivity index (χ1v) is 8.15. The molecule has 2 rings (SSSR count). The molecule has 0 spiro atoms. The average molecular weight is 368 g/mol. The predicted octanol–water partition coefficient (Wildman–Crippen LogP) is 5.02. The first-order valence-electron chi connectivity index (χ1n) is 7.39. The number of carbonyl (C=O) groups excluding carboxylic acids is 1. The van der Waals surface area contributed by atoms with E-state index >= 15 is 0 Å². The number of hydrogen-bond donors (Lipinski definition) is 1. The van der Waals surface area contributed by atoms with Crippen LogP contribution in [0.3, 0.4) is 0 Å². The summed E-state index contributed by atoms with van der Waals surface area (Å²) in [6.45, 7) is 5.47. The van der Waals surface area contributed by atoms with Crippen LogP contribution in [0.5, 0.6) is 11.5 Å². The zero-order valence-electron chi connectivity index (χ0n) is 13.9. The molecule has 0 aromatic heterocycles. The van der Waals surface area contributed by atoms with Gasteiger partial charge in [0.05, 0.1) is 12.1 Å². The second-order valence-corrected chi connectivity index (χ2v) is 6.25. The lowest BCUT2D eigenvalue weighted by atomic mass is 10.1.